The number of morpholine rings is 1. The van der Waals surface area contributed by atoms with E-state index in [0.29, 0.717) is 19.8 Å². The summed E-state index contributed by atoms with van der Waals surface area (Å²) in [5.41, 5.74) is 0.661. The van der Waals surface area contributed by atoms with Gasteiger partial charge in [-0.1, -0.05) is 6.07 Å². The number of carbonyl (C=O) groups excluding carboxylic acids is 1. The first kappa shape index (κ1) is 18.3. The monoisotopic (exact) mass is 433 g/mol. The van der Waals surface area contributed by atoms with Crippen molar-refractivity contribution in [3.8, 4) is 5.75 Å². The summed E-state index contributed by atoms with van der Waals surface area (Å²) >= 11 is 2.26. The fraction of sp³-hybridized carbons (Fsp3) is 0.588. The van der Waals surface area contributed by atoms with Crippen molar-refractivity contribution in [3.63, 3.8) is 0 Å². The van der Waals surface area contributed by atoms with Crippen LogP contribution in [0.3, 0.4) is 0 Å². The normalized spacial score (nSPS) is 18.7. The Labute approximate surface area is 151 Å². The molecule has 0 unspecified atom stereocenters. The van der Waals surface area contributed by atoms with Gasteiger partial charge in [0.05, 0.1) is 29.9 Å². The molecule has 0 radical (unpaired) electrons. The average molecular weight is 433 g/mol. The van der Waals surface area contributed by atoms with E-state index in [-0.39, 0.29) is 12.1 Å². The number of amides is 1. The molecule has 128 valence electrons. The van der Waals surface area contributed by atoms with E-state index >= 15 is 0 Å². The highest BCUT2D eigenvalue weighted by atomic mass is 127. The fourth-order valence-corrected chi connectivity index (χ4v) is 3.29. The summed E-state index contributed by atoms with van der Waals surface area (Å²) in [6, 6.07) is 6.06. The molecule has 1 aromatic rings. The standard InChI is InChI=1S/C17H24INO4/c1-17(2,3)23-16(20)19-7-8-22-11-13(19)9-12-5-6-15(21-4)14(18)10-12/h5-6,10,13H,7-9,11H2,1-4H3/t13-/m1/s1. The molecule has 1 heterocycles. The Bertz CT molecular complexity index is 556. The van der Waals surface area contributed by atoms with Crippen LogP contribution in [-0.2, 0) is 15.9 Å². The van der Waals surface area contributed by atoms with E-state index in [2.05, 4.69) is 28.7 Å². The van der Waals surface area contributed by atoms with E-state index in [1.807, 2.05) is 32.9 Å². The molecule has 0 N–H and O–H groups in total. The van der Waals surface area contributed by atoms with Crippen molar-refractivity contribution in [2.24, 2.45) is 0 Å². The first-order valence-electron chi connectivity index (χ1n) is 7.70. The van der Waals surface area contributed by atoms with Gasteiger partial charge in [-0.3, -0.25) is 0 Å². The Hall–Kier alpha value is -1.02. The maximum absolute atomic E-state index is 12.4. The van der Waals surface area contributed by atoms with Gasteiger partial charge in [-0.05, 0) is 67.5 Å². The van der Waals surface area contributed by atoms with E-state index in [0.717, 1.165) is 21.3 Å². The van der Waals surface area contributed by atoms with E-state index < -0.39 is 5.60 Å². The van der Waals surface area contributed by atoms with Gasteiger partial charge in [-0.2, -0.15) is 0 Å². The zero-order chi connectivity index (χ0) is 17.0. The smallest absolute Gasteiger partial charge is 0.410 e. The first-order chi connectivity index (χ1) is 10.8. The van der Waals surface area contributed by atoms with Crippen LogP contribution in [0.5, 0.6) is 5.75 Å². The van der Waals surface area contributed by atoms with Crippen molar-refractivity contribution >= 4 is 28.7 Å². The van der Waals surface area contributed by atoms with E-state index in [4.69, 9.17) is 14.2 Å². The number of hydrogen-bond donors (Lipinski definition) is 0. The van der Waals surface area contributed by atoms with Crippen molar-refractivity contribution in [1.82, 2.24) is 4.90 Å². The number of halogens is 1. The van der Waals surface area contributed by atoms with Crippen LogP contribution in [0, 0.1) is 3.57 Å². The molecule has 0 saturated carbocycles. The third-order valence-corrected chi connectivity index (χ3v) is 4.39. The van der Waals surface area contributed by atoms with Gasteiger partial charge in [0, 0.05) is 6.54 Å². The molecule has 1 atom stereocenters. The van der Waals surface area contributed by atoms with Crippen molar-refractivity contribution in [2.45, 2.75) is 38.8 Å². The second kappa shape index (κ2) is 7.70. The Kier molecular flexibility index (Phi) is 6.13. The van der Waals surface area contributed by atoms with Gasteiger partial charge in [-0.25, -0.2) is 4.79 Å². The number of nitrogens with zero attached hydrogens (tertiary/aromatic N) is 1. The summed E-state index contributed by atoms with van der Waals surface area (Å²) in [7, 11) is 1.66. The lowest BCUT2D eigenvalue weighted by atomic mass is 10.0. The molecule has 0 aromatic heterocycles. The number of methoxy groups -OCH3 is 1. The molecule has 1 fully saturated rings. The molecule has 2 rings (SSSR count). The van der Waals surface area contributed by atoms with Crippen LogP contribution < -0.4 is 4.74 Å². The van der Waals surface area contributed by atoms with Gasteiger partial charge < -0.3 is 19.1 Å². The van der Waals surface area contributed by atoms with Gasteiger partial charge in [0.1, 0.15) is 11.4 Å². The summed E-state index contributed by atoms with van der Waals surface area (Å²) in [4.78, 5) is 14.2. The highest BCUT2D eigenvalue weighted by Gasteiger charge is 2.31. The number of benzene rings is 1. The molecule has 0 aliphatic carbocycles. The van der Waals surface area contributed by atoms with Gasteiger partial charge in [0.2, 0.25) is 0 Å². The van der Waals surface area contributed by atoms with E-state index in [1.165, 1.54) is 0 Å². The third kappa shape index (κ3) is 5.24. The predicted octanol–water partition coefficient (Wildman–Crippen LogP) is 3.48. The second-order valence-electron chi connectivity index (χ2n) is 6.58. The minimum atomic E-state index is -0.491. The lowest BCUT2D eigenvalue weighted by Gasteiger charge is -2.36. The minimum Gasteiger partial charge on any atom is -0.496 e. The number of ether oxygens (including phenoxy) is 3. The van der Waals surface area contributed by atoms with Crippen LogP contribution >= 0.6 is 22.6 Å². The molecule has 6 heteroatoms. The van der Waals surface area contributed by atoms with Gasteiger partial charge >= 0.3 is 6.09 Å². The van der Waals surface area contributed by atoms with Crippen molar-refractivity contribution < 1.29 is 19.0 Å². The minimum absolute atomic E-state index is 0.0113. The summed E-state index contributed by atoms with van der Waals surface area (Å²) in [5.74, 6) is 0.859. The summed E-state index contributed by atoms with van der Waals surface area (Å²) in [6.07, 6.45) is 0.466. The molecule has 5 nitrogen and oxygen atoms in total. The SMILES string of the molecule is COc1ccc(C[C@@H]2COCCN2C(=O)OC(C)(C)C)cc1I. The quantitative estimate of drug-likeness (QED) is 0.686. The van der Waals surface area contributed by atoms with E-state index in [1.54, 1.807) is 12.0 Å². The second-order valence-corrected chi connectivity index (χ2v) is 7.74. The zero-order valence-electron chi connectivity index (χ0n) is 14.1. The van der Waals surface area contributed by atoms with Crippen molar-refractivity contribution in [2.75, 3.05) is 26.9 Å². The Morgan fingerprint density at radius 3 is 2.78 bits per heavy atom. The maximum Gasteiger partial charge on any atom is 0.410 e. The Morgan fingerprint density at radius 1 is 1.43 bits per heavy atom. The summed E-state index contributed by atoms with van der Waals surface area (Å²) in [5, 5.41) is 0. The van der Waals surface area contributed by atoms with Crippen LogP contribution in [0.2, 0.25) is 0 Å². The lowest BCUT2D eigenvalue weighted by Crippen LogP contribution is -2.51. The highest BCUT2D eigenvalue weighted by molar-refractivity contribution is 14.1. The maximum atomic E-state index is 12.4. The largest absolute Gasteiger partial charge is 0.496 e. The van der Waals surface area contributed by atoms with Gasteiger partial charge in [0.15, 0.2) is 0 Å². The molecule has 0 spiro atoms. The Balaban J connectivity index is 2.09. The zero-order valence-corrected chi connectivity index (χ0v) is 16.3. The lowest BCUT2D eigenvalue weighted by molar-refractivity contribution is -0.0319. The highest BCUT2D eigenvalue weighted by Crippen LogP contribution is 2.24. The molecular weight excluding hydrogens is 409 g/mol. The molecule has 23 heavy (non-hydrogen) atoms. The van der Waals surface area contributed by atoms with Crippen molar-refractivity contribution in [1.29, 1.82) is 0 Å². The van der Waals surface area contributed by atoms with Gasteiger partial charge in [-0.15, -0.1) is 0 Å². The molecular formula is C17H24INO4. The number of rotatable bonds is 3. The molecule has 1 aliphatic heterocycles. The Morgan fingerprint density at radius 2 is 2.17 bits per heavy atom. The van der Waals surface area contributed by atoms with Crippen LogP contribution in [0.25, 0.3) is 0 Å². The number of hydrogen-bond acceptors (Lipinski definition) is 4. The first-order valence-corrected chi connectivity index (χ1v) is 8.78. The summed E-state index contributed by atoms with van der Waals surface area (Å²) in [6.45, 7) is 7.29. The average Bonchev–Trinajstić information content (AvgIpc) is 2.46. The molecule has 1 amide bonds. The third-order valence-electron chi connectivity index (χ3n) is 3.54. The van der Waals surface area contributed by atoms with E-state index in [9.17, 15) is 4.79 Å². The van der Waals surface area contributed by atoms with Crippen molar-refractivity contribution in [3.05, 3.63) is 27.3 Å². The predicted molar refractivity (Wildman–Crippen MR) is 97.0 cm³/mol. The molecule has 0 bridgehead atoms. The molecule has 1 aliphatic rings. The number of carbonyl (C=O) groups is 1. The fourth-order valence-electron chi connectivity index (χ4n) is 2.49. The van der Waals surface area contributed by atoms with Crippen LogP contribution in [0.4, 0.5) is 4.79 Å². The van der Waals surface area contributed by atoms with Crippen LogP contribution in [0.1, 0.15) is 26.3 Å². The molecule has 1 aromatic carbocycles. The van der Waals surface area contributed by atoms with Crippen LogP contribution in [0.15, 0.2) is 18.2 Å². The summed E-state index contributed by atoms with van der Waals surface area (Å²) < 4.78 is 17.4. The van der Waals surface area contributed by atoms with Crippen LogP contribution in [-0.4, -0.2) is 49.5 Å². The van der Waals surface area contributed by atoms with Gasteiger partial charge in [0.25, 0.3) is 0 Å². The molecule has 1 saturated heterocycles. The topological polar surface area (TPSA) is 48.0 Å².